The molecule has 2 atom stereocenters. The largest absolute Gasteiger partial charge is 0.504 e. The van der Waals surface area contributed by atoms with Gasteiger partial charge < -0.3 is 20.8 Å². The van der Waals surface area contributed by atoms with Crippen LogP contribution in [0.3, 0.4) is 0 Å². The first kappa shape index (κ1) is 15.3. The van der Waals surface area contributed by atoms with Gasteiger partial charge in [0.1, 0.15) is 11.7 Å². The van der Waals surface area contributed by atoms with Gasteiger partial charge in [0.05, 0.1) is 0 Å². The second-order valence-corrected chi connectivity index (χ2v) is 5.89. The first-order valence-electron chi connectivity index (χ1n) is 7.89. The molecular weight excluding hydrogens is 320 g/mol. The second-order valence-electron chi connectivity index (χ2n) is 5.89. The number of amides is 1. The van der Waals surface area contributed by atoms with E-state index in [0.717, 1.165) is 11.3 Å². The highest BCUT2D eigenvalue weighted by Gasteiger charge is 2.31. The van der Waals surface area contributed by atoms with E-state index in [2.05, 4.69) is 20.6 Å². The summed E-state index contributed by atoms with van der Waals surface area (Å²) in [6.45, 7) is 0.214. The van der Waals surface area contributed by atoms with E-state index in [9.17, 15) is 15.0 Å². The molecule has 3 heterocycles. The van der Waals surface area contributed by atoms with Crippen molar-refractivity contribution in [1.82, 2.24) is 15.3 Å². The van der Waals surface area contributed by atoms with E-state index in [1.807, 2.05) is 24.3 Å². The monoisotopic (exact) mass is 336 g/mol. The van der Waals surface area contributed by atoms with Gasteiger partial charge in [-0.1, -0.05) is 18.2 Å². The zero-order valence-electron chi connectivity index (χ0n) is 13.2. The summed E-state index contributed by atoms with van der Waals surface area (Å²) < 4.78 is 0. The molecule has 25 heavy (non-hydrogen) atoms. The van der Waals surface area contributed by atoms with E-state index >= 15 is 0 Å². The van der Waals surface area contributed by atoms with Gasteiger partial charge in [-0.15, -0.1) is 0 Å². The summed E-state index contributed by atoms with van der Waals surface area (Å²) in [5.74, 6) is -1.04. The Morgan fingerprint density at radius 3 is 2.92 bits per heavy atom. The molecular formula is C18H16N4O3. The third-order valence-electron chi connectivity index (χ3n) is 4.36. The molecule has 4 rings (SSSR count). The molecule has 0 saturated heterocycles. The molecule has 7 heteroatoms. The fourth-order valence-electron chi connectivity index (χ4n) is 3.08. The Bertz CT molecular complexity index is 960. The highest BCUT2D eigenvalue weighted by molar-refractivity contribution is 6.00. The van der Waals surface area contributed by atoms with Gasteiger partial charge in [-0.25, -0.2) is 4.98 Å². The van der Waals surface area contributed by atoms with Crippen LogP contribution in [0.25, 0.3) is 10.9 Å². The van der Waals surface area contributed by atoms with Gasteiger partial charge in [0, 0.05) is 35.9 Å². The van der Waals surface area contributed by atoms with Crippen LogP contribution in [0.2, 0.25) is 0 Å². The third-order valence-corrected chi connectivity index (χ3v) is 4.36. The number of aliphatic hydroxyl groups excluding tert-OH is 1. The van der Waals surface area contributed by atoms with Crippen LogP contribution in [0.4, 0.5) is 5.69 Å². The molecule has 4 N–H and O–H groups in total. The van der Waals surface area contributed by atoms with Crippen molar-refractivity contribution in [1.29, 1.82) is 0 Å². The van der Waals surface area contributed by atoms with Gasteiger partial charge in [-0.05, 0) is 23.8 Å². The molecule has 2 aromatic heterocycles. The maximum absolute atomic E-state index is 12.4. The normalized spacial score (nSPS) is 18.6. The molecule has 2 unspecified atom stereocenters. The van der Waals surface area contributed by atoms with Gasteiger partial charge >= 0.3 is 0 Å². The lowest BCUT2D eigenvalue weighted by Crippen LogP contribution is -2.33. The average molecular weight is 336 g/mol. The molecule has 1 aromatic carbocycles. The van der Waals surface area contributed by atoms with E-state index in [0.29, 0.717) is 10.9 Å². The third kappa shape index (κ3) is 2.64. The predicted octanol–water partition coefficient (Wildman–Crippen LogP) is 1.59. The molecule has 0 radical (unpaired) electrons. The summed E-state index contributed by atoms with van der Waals surface area (Å²) >= 11 is 0. The van der Waals surface area contributed by atoms with E-state index in [1.54, 1.807) is 18.3 Å². The predicted molar refractivity (Wildman–Crippen MR) is 92.3 cm³/mol. The molecule has 0 fully saturated rings. The topological polar surface area (TPSA) is 107 Å². The number of fused-ring (bicyclic) bond motifs is 2. The summed E-state index contributed by atoms with van der Waals surface area (Å²) in [6, 6.07) is 11.0. The van der Waals surface area contributed by atoms with Gasteiger partial charge in [-0.3, -0.25) is 9.78 Å². The molecule has 0 spiro atoms. The molecule has 0 bridgehead atoms. The highest BCUT2D eigenvalue weighted by Crippen LogP contribution is 2.34. The second kappa shape index (κ2) is 6.03. The van der Waals surface area contributed by atoms with Crippen LogP contribution in [0.15, 0.2) is 48.8 Å². The summed E-state index contributed by atoms with van der Waals surface area (Å²) in [6.07, 6.45) is 2.26. The lowest BCUT2D eigenvalue weighted by atomic mass is 10.00. The van der Waals surface area contributed by atoms with Crippen LogP contribution in [-0.2, 0) is 0 Å². The Kier molecular flexibility index (Phi) is 3.70. The lowest BCUT2D eigenvalue weighted by Gasteiger charge is -2.16. The number of carbonyl (C=O) groups is 1. The minimum atomic E-state index is -0.780. The fourth-order valence-corrected chi connectivity index (χ4v) is 3.08. The smallest absolute Gasteiger partial charge is 0.273 e. The van der Waals surface area contributed by atoms with Gasteiger partial charge in [-0.2, -0.15) is 0 Å². The van der Waals surface area contributed by atoms with Crippen molar-refractivity contribution in [3.05, 3.63) is 60.0 Å². The van der Waals surface area contributed by atoms with Crippen LogP contribution < -0.4 is 10.6 Å². The summed E-state index contributed by atoms with van der Waals surface area (Å²) in [4.78, 5) is 20.5. The number of aromatic nitrogens is 2. The Morgan fingerprint density at radius 1 is 1.20 bits per heavy atom. The highest BCUT2D eigenvalue weighted by atomic mass is 16.3. The molecule has 126 valence electrons. The van der Waals surface area contributed by atoms with Crippen LogP contribution in [0.5, 0.6) is 5.75 Å². The number of aliphatic hydroxyl groups is 1. The lowest BCUT2D eigenvalue weighted by molar-refractivity contribution is 0.0933. The van der Waals surface area contributed by atoms with Crippen LogP contribution in [0, 0.1) is 0 Å². The number of benzene rings is 1. The first-order chi connectivity index (χ1) is 12.1. The number of hydrogen-bond acceptors (Lipinski definition) is 6. The standard InChI is InChI=1S/C18H16N4O3/c23-16-14-10(4-3-7-19-14)8-20-15(16)18(25)21-9-12-11-5-1-2-6-13(11)22-17(12)24/h1-8,12,17,22-24H,9H2,(H,21,25). The van der Waals surface area contributed by atoms with Gasteiger partial charge in [0.15, 0.2) is 11.4 Å². The maximum atomic E-state index is 12.4. The molecule has 0 aliphatic carbocycles. The molecule has 0 saturated carbocycles. The van der Waals surface area contributed by atoms with E-state index in [-0.39, 0.29) is 23.9 Å². The Balaban J connectivity index is 1.54. The van der Waals surface area contributed by atoms with Crippen molar-refractivity contribution in [2.24, 2.45) is 0 Å². The minimum Gasteiger partial charge on any atom is -0.504 e. The first-order valence-corrected chi connectivity index (χ1v) is 7.89. The SMILES string of the molecule is O=C(NCC1c2ccccc2NC1O)c1ncc2cccnc2c1O. The van der Waals surface area contributed by atoms with Gasteiger partial charge in [0.2, 0.25) is 0 Å². The Morgan fingerprint density at radius 2 is 2.04 bits per heavy atom. The zero-order valence-corrected chi connectivity index (χ0v) is 13.2. The van der Waals surface area contributed by atoms with Crippen molar-refractivity contribution in [3.8, 4) is 5.75 Å². The number of anilines is 1. The average Bonchev–Trinajstić information content (AvgIpc) is 2.95. The molecule has 1 aliphatic heterocycles. The molecule has 3 aromatic rings. The fraction of sp³-hybridized carbons (Fsp3) is 0.167. The number of para-hydroxylation sites is 1. The molecule has 7 nitrogen and oxygen atoms in total. The summed E-state index contributed by atoms with van der Waals surface area (Å²) in [5, 5.41) is 26.8. The quantitative estimate of drug-likeness (QED) is 0.579. The van der Waals surface area contributed by atoms with Crippen molar-refractivity contribution in [2.75, 3.05) is 11.9 Å². The van der Waals surface area contributed by atoms with Crippen molar-refractivity contribution in [2.45, 2.75) is 12.1 Å². The van der Waals surface area contributed by atoms with E-state index in [1.165, 1.54) is 6.20 Å². The summed E-state index contributed by atoms with van der Waals surface area (Å²) in [5.41, 5.74) is 2.04. The number of rotatable bonds is 3. The number of nitrogens with one attached hydrogen (secondary N) is 2. The van der Waals surface area contributed by atoms with E-state index in [4.69, 9.17) is 0 Å². The molecule has 1 amide bonds. The van der Waals surface area contributed by atoms with Crippen molar-refractivity contribution in [3.63, 3.8) is 0 Å². The Hall–Kier alpha value is -3.19. The van der Waals surface area contributed by atoms with Gasteiger partial charge in [0.25, 0.3) is 5.91 Å². The number of hydrogen-bond donors (Lipinski definition) is 4. The number of nitrogens with zero attached hydrogens (tertiary/aromatic N) is 2. The van der Waals surface area contributed by atoms with Crippen LogP contribution >= 0.6 is 0 Å². The zero-order chi connectivity index (χ0) is 17.4. The van der Waals surface area contributed by atoms with Crippen molar-refractivity contribution >= 4 is 22.5 Å². The van der Waals surface area contributed by atoms with Crippen molar-refractivity contribution < 1.29 is 15.0 Å². The number of aromatic hydroxyl groups is 1. The minimum absolute atomic E-state index is 0.0834. The van der Waals surface area contributed by atoms with Crippen LogP contribution in [0.1, 0.15) is 22.0 Å². The summed E-state index contributed by atoms with van der Waals surface area (Å²) in [7, 11) is 0. The Labute approximate surface area is 143 Å². The number of pyridine rings is 2. The molecule has 1 aliphatic rings. The number of carbonyl (C=O) groups excluding carboxylic acids is 1. The van der Waals surface area contributed by atoms with E-state index < -0.39 is 12.1 Å². The maximum Gasteiger partial charge on any atom is 0.273 e. The van der Waals surface area contributed by atoms with Crippen LogP contribution in [-0.4, -0.2) is 38.9 Å².